The van der Waals surface area contributed by atoms with Gasteiger partial charge in [-0.05, 0) is 74.7 Å². The normalized spacial score (nSPS) is 17.3. The number of piperidine rings is 1. The molecule has 0 radical (unpaired) electrons. The van der Waals surface area contributed by atoms with Gasteiger partial charge in [0.2, 0.25) is 5.91 Å². The largest absolute Gasteiger partial charge is 0.343 e. The molecular weight excluding hydrogens is 424 g/mol. The molecule has 0 spiro atoms. The van der Waals surface area contributed by atoms with Crippen molar-refractivity contribution < 1.29 is 9.59 Å². The quantitative estimate of drug-likeness (QED) is 0.536. The molecule has 0 unspecified atom stereocenters. The molecule has 34 heavy (non-hydrogen) atoms. The van der Waals surface area contributed by atoms with Crippen LogP contribution in [0.25, 0.3) is 0 Å². The fraction of sp³-hybridized carbons (Fsp3) is 0.571. The third-order valence-corrected chi connectivity index (χ3v) is 7.29. The fourth-order valence-electron chi connectivity index (χ4n) is 5.19. The monoisotopic (exact) mass is 462 g/mol. The number of carbonyl (C=O) groups excluding carboxylic acids is 2. The third kappa shape index (κ3) is 7.45. The van der Waals surface area contributed by atoms with E-state index in [1.165, 1.54) is 12.8 Å². The Bertz CT molecular complexity index is 962. The fourth-order valence-corrected chi connectivity index (χ4v) is 5.19. The summed E-state index contributed by atoms with van der Waals surface area (Å²) in [5.74, 6) is 2.00. The van der Waals surface area contributed by atoms with Crippen LogP contribution in [0.4, 0.5) is 0 Å². The molecule has 0 atom stereocenters. The van der Waals surface area contributed by atoms with Crippen molar-refractivity contribution in [3.63, 3.8) is 0 Å². The molecule has 0 N–H and O–H groups in total. The Kier molecular flexibility index (Phi) is 8.80. The summed E-state index contributed by atoms with van der Waals surface area (Å²) in [6, 6.07) is 10.3. The maximum Gasteiger partial charge on any atom is 0.219 e. The van der Waals surface area contributed by atoms with E-state index in [2.05, 4.69) is 22.0 Å². The number of amides is 1. The van der Waals surface area contributed by atoms with Gasteiger partial charge in [0.05, 0.1) is 0 Å². The molecule has 1 aromatic carbocycles. The van der Waals surface area contributed by atoms with Crippen molar-refractivity contribution in [1.82, 2.24) is 19.8 Å². The summed E-state index contributed by atoms with van der Waals surface area (Å²) in [5, 5.41) is 0. The number of aryl methyl sites for hydroxylation is 1. The number of benzene rings is 1. The first-order chi connectivity index (χ1) is 16.5. The predicted molar refractivity (Wildman–Crippen MR) is 134 cm³/mol. The number of Topliss-reactive ketones (excluding diaryl/α,β-unsaturated/α-hetero) is 1. The Morgan fingerprint density at radius 3 is 2.56 bits per heavy atom. The Morgan fingerprint density at radius 1 is 1.03 bits per heavy atom. The molecule has 3 heterocycles. The highest BCUT2D eigenvalue weighted by molar-refractivity contribution is 5.81. The van der Waals surface area contributed by atoms with Crippen molar-refractivity contribution in [3.05, 3.63) is 59.2 Å². The van der Waals surface area contributed by atoms with Gasteiger partial charge in [-0.25, -0.2) is 9.97 Å². The van der Waals surface area contributed by atoms with E-state index in [-0.39, 0.29) is 5.91 Å². The molecule has 2 aromatic rings. The van der Waals surface area contributed by atoms with E-state index in [1.807, 2.05) is 29.3 Å². The molecule has 6 nitrogen and oxygen atoms in total. The second-order valence-electron chi connectivity index (χ2n) is 9.96. The van der Waals surface area contributed by atoms with E-state index < -0.39 is 0 Å². The van der Waals surface area contributed by atoms with E-state index in [1.54, 1.807) is 6.92 Å². The number of rotatable bonds is 10. The van der Waals surface area contributed by atoms with Gasteiger partial charge in [0.15, 0.2) is 0 Å². The molecule has 2 fully saturated rings. The van der Waals surface area contributed by atoms with Gasteiger partial charge in [0.25, 0.3) is 0 Å². The maximum atomic E-state index is 12.5. The van der Waals surface area contributed by atoms with Gasteiger partial charge in [-0.15, -0.1) is 0 Å². The molecule has 2 saturated heterocycles. The number of likely N-dealkylation sites (tertiary alicyclic amines) is 2. The highest BCUT2D eigenvalue weighted by Crippen LogP contribution is 2.22. The van der Waals surface area contributed by atoms with Crippen LogP contribution in [-0.2, 0) is 28.9 Å². The van der Waals surface area contributed by atoms with E-state index in [9.17, 15) is 9.59 Å². The summed E-state index contributed by atoms with van der Waals surface area (Å²) >= 11 is 0. The molecule has 1 amide bonds. The number of aromatic nitrogens is 2. The molecule has 0 aliphatic carbocycles. The Labute approximate surface area is 203 Å². The van der Waals surface area contributed by atoms with Crippen molar-refractivity contribution in [1.29, 1.82) is 0 Å². The topological polar surface area (TPSA) is 66.4 Å². The zero-order chi connectivity index (χ0) is 23.8. The van der Waals surface area contributed by atoms with Crippen LogP contribution < -0.4 is 0 Å². The lowest BCUT2D eigenvalue weighted by molar-refractivity contribution is -0.130. The van der Waals surface area contributed by atoms with Gasteiger partial charge in [0, 0.05) is 57.7 Å². The minimum atomic E-state index is 0.189. The summed E-state index contributed by atoms with van der Waals surface area (Å²) in [6.45, 7) is 6.60. The van der Waals surface area contributed by atoms with Crippen LogP contribution in [-0.4, -0.2) is 64.2 Å². The third-order valence-electron chi connectivity index (χ3n) is 7.29. The SMILES string of the molecule is CC(=O)N1CCC(CCc2ccnc(Cc3cccc(CC(=O)CCN4CCCC4)c3)n2)CC1. The van der Waals surface area contributed by atoms with Crippen LogP contribution in [0.1, 0.15) is 68.1 Å². The standard InChI is InChI=1S/C28H38N4O2/c1-22(33)32-17-10-23(11-18-32)7-8-26-9-13-29-28(30-26)21-25-6-4-5-24(19-25)20-27(34)12-16-31-14-2-3-15-31/h4-6,9,13,19,23H,2-3,7-8,10-12,14-18,20-21H2,1H3. The number of hydrogen-bond donors (Lipinski definition) is 0. The lowest BCUT2D eigenvalue weighted by atomic mass is 9.91. The first-order valence-corrected chi connectivity index (χ1v) is 12.9. The maximum absolute atomic E-state index is 12.5. The second-order valence-corrected chi connectivity index (χ2v) is 9.96. The van der Waals surface area contributed by atoms with Gasteiger partial charge in [-0.3, -0.25) is 9.59 Å². The summed E-state index contributed by atoms with van der Waals surface area (Å²) in [4.78, 5) is 37.6. The predicted octanol–water partition coefficient (Wildman–Crippen LogP) is 3.86. The number of hydrogen-bond acceptors (Lipinski definition) is 5. The second kappa shape index (κ2) is 12.2. The van der Waals surface area contributed by atoms with Crippen molar-refractivity contribution in [2.45, 2.75) is 64.7 Å². The molecule has 182 valence electrons. The molecule has 1 aromatic heterocycles. The van der Waals surface area contributed by atoms with Crippen LogP contribution >= 0.6 is 0 Å². The highest BCUT2D eigenvalue weighted by Gasteiger charge is 2.20. The number of ketones is 1. The van der Waals surface area contributed by atoms with Gasteiger partial charge in [-0.2, -0.15) is 0 Å². The van der Waals surface area contributed by atoms with Crippen LogP contribution in [0, 0.1) is 5.92 Å². The minimum Gasteiger partial charge on any atom is -0.343 e. The molecule has 0 saturated carbocycles. The van der Waals surface area contributed by atoms with Crippen LogP contribution in [0.15, 0.2) is 36.5 Å². The van der Waals surface area contributed by atoms with Crippen molar-refractivity contribution in [3.8, 4) is 0 Å². The smallest absolute Gasteiger partial charge is 0.219 e. The highest BCUT2D eigenvalue weighted by atomic mass is 16.2. The van der Waals surface area contributed by atoms with Crippen molar-refractivity contribution in [2.75, 3.05) is 32.7 Å². The molecule has 2 aliphatic rings. The average Bonchev–Trinajstić information content (AvgIpc) is 3.36. The molecule has 6 heteroatoms. The van der Waals surface area contributed by atoms with Crippen LogP contribution in [0.5, 0.6) is 0 Å². The van der Waals surface area contributed by atoms with Gasteiger partial charge >= 0.3 is 0 Å². The summed E-state index contributed by atoms with van der Waals surface area (Å²) in [6.07, 6.45) is 10.4. The molecule has 4 rings (SSSR count). The summed E-state index contributed by atoms with van der Waals surface area (Å²) in [7, 11) is 0. The average molecular weight is 463 g/mol. The van der Waals surface area contributed by atoms with E-state index in [0.29, 0.717) is 31.0 Å². The number of nitrogens with zero attached hydrogens (tertiary/aromatic N) is 4. The van der Waals surface area contributed by atoms with E-state index in [4.69, 9.17) is 4.98 Å². The zero-order valence-electron chi connectivity index (χ0n) is 20.5. The van der Waals surface area contributed by atoms with Gasteiger partial charge in [0.1, 0.15) is 11.6 Å². The first-order valence-electron chi connectivity index (χ1n) is 12.9. The minimum absolute atomic E-state index is 0.189. The lowest BCUT2D eigenvalue weighted by Gasteiger charge is -2.31. The van der Waals surface area contributed by atoms with E-state index >= 15 is 0 Å². The van der Waals surface area contributed by atoms with Gasteiger partial charge in [-0.1, -0.05) is 24.3 Å². The first kappa shape index (κ1) is 24.5. The molecule has 2 aliphatic heterocycles. The zero-order valence-corrected chi connectivity index (χ0v) is 20.5. The number of carbonyl (C=O) groups is 2. The lowest BCUT2D eigenvalue weighted by Crippen LogP contribution is -2.37. The Balaban J connectivity index is 1.25. The van der Waals surface area contributed by atoms with Crippen LogP contribution in [0.3, 0.4) is 0 Å². The van der Waals surface area contributed by atoms with Crippen LogP contribution in [0.2, 0.25) is 0 Å². The Morgan fingerprint density at radius 2 is 1.79 bits per heavy atom. The van der Waals surface area contributed by atoms with Crippen molar-refractivity contribution >= 4 is 11.7 Å². The van der Waals surface area contributed by atoms with E-state index in [0.717, 1.165) is 81.1 Å². The van der Waals surface area contributed by atoms with Crippen molar-refractivity contribution in [2.24, 2.45) is 5.92 Å². The summed E-state index contributed by atoms with van der Waals surface area (Å²) < 4.78 is 0. The molecule has 0 bridgehead atoms. The summed E-state index contributed by atoms with van der Waals surface area (Å²) in [5.41, 5.74) is 3.32. The Hall–Kier alpha value is -2.60. The molecular formula is C28H38N4O2. The van der Waals surface area contributed by atoms with Gasteiger partial charge < -0.3 is 9.80 Å².